The topological polar surface area (TPSA) is 194 Å². The van der Waals surface area contributed by atoms with Gasteiger partial charge >= 0.3 is 0 Å². The summed E-state index contributed by atoms with van der Waals surface area (Å²) in [5.74, 6) is -1.04. The lowest BCUT2D eigenvalue weighted by Crippen LogP contribution is -2.60. The van der Waals surface area contributed by atoms with E-state index in [9.17, 15) is 35.4 Å². The highest BCUT2D eigenvalue weighted by Crippen LogP contribution is 2.36. The lowest BCUT2D eigenvalue weighted by Gasteiger charge is -2.40. The first kappa shape index (κ1) is 30.5. The fourth-order valence-corrected chi connectivity index (χ4v) is 4.45. The van der Waals surface area contributed by atoms with Gasteiger partial charge in [-0.1, -0.05) is 12.1 Å². The molecule has 0 bridgehead atoms. The molecule has 41 heavy (non-hydrogen) atoms. The van der Waals surface area contributed by atoms with E-state index in [1.54, 1.807) is 6.07 Å². The summed E-state index contributed by atoms with van der Waals surface area (Å²) < 4.78 is 32.6. The average Bonchev–Trinajstić information content (AvgIpc) is 2.96. The van der Waals surface area contributed by atoms with E-state index in [1.165, 1.54) is 44.6 Å². The van der Waals surface area contributed by atoms with Crippen molar-refractivity contribution >= 4 is 11.9 Å². The summed E-state index contributed by atoms with van der Waals surface area (Å²) in [5.41, 5.74) is 0.337. The highest BCUT2D eigenvalue weighted by molar-refractivity contribution is 6.10. The van der Waals surface area contributed by atoms with Crippen LogP contribution in [0, 0.1) is 0 Å². The Morgan fingerprint density at radius 2 is 1.71 bits per heavy atom. The Balaban J connectivity index is 1.45. The number of benzene rings is 2. The van der Waals surface area contributed by atoms with Crippen LogP contribution in [-0.2, 0) is 14.2 Å². The van der Waals surface area contributed by atoms with Crippen LogP contribution in [-0.4, -0.2) is 107 Å². The molecule has 2 aliphatic heterocycles. The van der Waals surface area contributed by atoms with Crippen molar-refractivity contribution in [1.82, 2.24) is 0 Å². The van der Waals surface area contributed by atoms with Gasteiger partial charge in [0, 0.05) is 18.6 Å². The Bertz CT molecular complexity index is 1220. The fraction of sp³-hybridized carbons (Fsp3) is 0.464. The minimum Gasteiger partial charge on any atom is -0.507 e. The van der Waals surface area contributed by atoms with Crippen LogP contribution in [0.15, 0.2) is 36.4 Å². The second-order valence-corrected chi connectivity index (χ2v) is 9.61. The Labute approximate surface area is 235 Å². The van der Waals surface area contributed by atoms with Crippen molar-refractivity contribution in [3.05, 3.63) is 47.5 Å². The van der Waals surface area contributed by atoms with Crippen LogP contribution in [0.2, 0.25) is 0 Å². The van der Waals surface area contributed by atoms with Crippen molar-refractivity contribution in [3.63, 3.8) is 0 Å². The minimum absolute atomic E-state index is 0.0466. The molecule has 2 heterocycles. The number of phenolic OH excluding ortho intramolecular Hbond substituents is 2. The van der Waals surface area contributed by atoms with Crippen molar-refractivity contribution < 1.29 is 63.9 Å². The molecule has 4 rings (SSSR count). The molecule has 0 saturated carbocycles. The highest BCUT2D eigenvalue weighted by atomic mass is 16.7. The monoisotopic (exact) mass is 578 g/mol. The van der Waals surface area contributed by atoms with Gasteiger partial charge in [-0.15, -0.1) is 0 Å². The lowest BCUT2D eigenvalue weighted by molar-refractivity contribution is -0.291. The number of phenols is 2. The summed E-state index contributed by atoms with van der Waals surface area (Å²) in [5, 5.41) is 61.4. The summed E-state index contributed by atoms with van der Waals surface area (Å²) in [6.45, 7) is -0.0948. The number of methoxy groups -OCH3 is 2. The summed E-state index contributed by atoms with van der Waals surface area (Å²) in [4.78, 5) is 12.9. The number of rotatable bonds is 10. The molecule has 7 atom stereocenters. The molecule has 224 valence electrons. The van der Waals surface area contributed by atoms with E-state index in [4.69, 9.17) is 28.4 Å². The SMILES string of the molecule is COc1ccc(/C=C/C(=O)c2c(O)cc(O[C@H]3O[C@@H](CO[C@H]4CC[C@H](O)CO4)[C@H](O)[C@@H](O)[C@@H]3O)cc2OC)cc1O. The van der Waals surface area contributed by atoms with Gasteiger partial charge in [-0.2, -0.15) is 0 Å². The molecule has 0 spiro atoms. The molecule has 13 nitrogen and oxygen atoms in total. The minimum atomic E-state index is -1.67. The fourth-order valence-electron chi connectivity index (χ4n) is 4.45. The van der Waals surface area contributed by atoms with Gasteiger partial charge in [-0.3, -0.25) is 4.79 Å². The van der Waals surface area contributed by atoms with E-state index in [2.05, 4.69) is 0 Å². The third-order valence-electron chi connectivity index (χ3n) is 6.73. The summed E-state index contributed by atoms with van der Waals surface area (Å²) >= 11 is 0. The van der Waals surface area contributed by atoms with Crippen LogP contribution in [0.5, 0.6) is 28.7 Å². The van der Waals surface area contributed by atoms with Gasteiger partial charge in [0.05, 0.1) is 33.5 Å². The molecular weight excluding hydrogens is 544 g/mol. The quantitative estimate of drug-likeness (QED) is 0.171. The van der Waals surface area contributed by atoms with E-state index in [0.29, 0.717) is 18.4 Å². The largest absolute Gasteiger partial charge is 0.507 e. The molecule has 0 unspecified atom stereocenters. The van der Waals surface area contributed by atoms with Crippen LogP contribution in [0.1, 0.15) is 28.8 Å². The van der Waals surface area contributed by atoms with Gasteiger partial charge in [-0.25, -0.2) is 0 Å². The Hall–Kier alpha value is -3.43. The van der Waals surface area contributed by atoms with Crippen LogP contribution >= 0.6 is 0 Å². The molecule has 6 N–H and O–H groups in total. The first-order valence-corrected chi connectivity index (χ1v) is 12.9. The first-order chi connectivity index (χ1) is 19.6. The molecule has 2 saturated heterocycles. The van der Waals surface area contributed by atoms with Crippen molar-refractivity contribution in [2.45, 2.75) is 55.9 Å². The number of ether oxygens (including phenoxy) is 6. The molecule has 13 heteroatoms. The maximum absolute atomic E-state index is 12.9. The first-order valence-electron chi connectivity index (χ1n) is 12.9. The molecule has 2 aromatic carbocycles. The third kappa shape index (κ3) is 7.26. The molecular formula is C28H34O13. The summed E-state index contributed by atoms with van der Waals surface area (Å²) in [7, 11) is 2.70. The molecule has 0 amide bonds. The second-order valence-electron chi connectivity index (χ2n) is 9.61. The number of aliphatic hydroxyl groups excluding tert-OH is 4. The Kier molecular flexibility index (Phi) is 10.0. The van der Waals surface area contributed by atoms with Crippen molar-refractivity contribution in [1.29, 1.82) is 0 Å². The van der Waals surface area contributed by atoms with Gasteiger partial charge in [0.25, 0.3) is 0 Å². The zero-order valence-electron chi connectivity index (χ0n) is 22.5. The normalized spacial score (nSPS) is 28.4. The number of hydrogen-bond donors (Lipinski definition) is 6. The van der Waals surface area contributed by atoms with Crippen LogP contribution in [0.25, 0.3) is 6.08 Å². The molecule has 0 aliphatic carbocycles. The zero-order valence-corrected chi connectivity index (χ0v) is 22.5. The van der Waals surface area contributed by atoms with Crippen LogP contribution in [0.3, 0.4) is 0 Å². The molecule has 0 aromatic heterocycles. The van der Waals surface area contributed by atoms with Gasteiger partial charge in [0.15, 0.2) is 23.6 Å². The van der Waals surface area contributed by atoms with Crippen molar-refractivity contribution in [3.8, 4) is 28.7 Å². The number of aromatic hydroxyl groups is 2. The summed E-state index contributed by atoms with van der Waals surface area (Å²) in [6, 6.07) is 6.97. The van der Waals surface area contributed by atoms with Gasteiger partial charge in [0.2, 0.25) is 6.29 Å². The lowest BCUT2D eigenvalue weighted by atomic mass is 9.99. The van der Waals surface area contributed by atoms with E-state index in [-0.39, 0.29) is 41.8 Å². The number of hydrogen-bond acceptors (Lipinski definition) is 13. The number of allylic oxidation sites excluding steroid dienone is 1. The molecule has 0 radical (unpaired) electrons. The van der Waals surface area contributed by atoms with Crippen molar-refractivity contribution in [2.24, 2.45) is 0 Å². The number of ketones is 1. The average molecular weight is 579 g/mol. The summed E-state index contributed by atoms with van der Waals surface area (Å²) in [6.07, 6.45) is -5.07. The maximum Gasteiger partial charge on any atom is 0.229 e. The molecule has 2 aromatic rings. The molecule has 2 fully saturated rings. The highest BCUT2D eigenvalue weighted by Gasteiger charge is 2.45. The zero-order chi connectivity index (χ0) is 29.7. The predicted octanol–water partition coefficient (Wildman–Crippen LogP) is 0.711. The third-order valence-corrected chi connectivity index (χ3v) is 6.73. The van der Waals surface area contributed by atoms with E-state index >= 15 is 0 Å². The van der Waals surface area contributed by atoms with E-state index in [1.807, 2.05) is 0 Å². The van der Waals surface area contributed by atoms with Gasteiger partial charge < -0.3 is 59.1 Å². The number of aliphatic hydroxyl groups is 4. The van der Waals surface area contributed by atoms with Crippen LogP contribution in [0.4, 0.5) is 0 Å². The Morgan fingerprint density at radius 1 is 0.951 bits per heavy atom. The molecule has 2 aliphatic rings. The van der Waals surface area contributed by atoms with Gasteiger partial charge in [0.1, 0.15) is 47.2 Å². The number of carbonyl (C=O) groups is 1. The second kappa shape index (κ2) is 13.5. The van der Waals surface area contributed by atoms with Gasteiger partial charge in [-0.05, 0) is 30.2 Å². The maximum atomic E-state index is 12.9. The van der Waals surface area contributed by atoms with E-state index in [0.717, 1.165) is 6.07 Å². The van der Waals surface area contributed by atoms with Crippen LogP contribution < -0.4 is 14.2 Å². The predicted molar refractivity (Wildman–Crippen MR) is 141 cm³/mol. The number of carbonyl (C=O) groups excluding carboxylic acids is 1. The standard InChI is InChI=1S/C28H34O13/c1-36-20-7-4-14(9-18(20)31)3-6-17(30)24-19(32)10-16(11-21(24)37-2)40-28-27(35)26(34)25(33)22(41-28)13-39-23-8-5-15(29)12-38-23/h3-4,6-7,9-11,15,22-23,25-29,31-35H,5,8,12-13H2,1-2H3/b6-3+/t15-,22-,23-,25-,26+,27-,28-/m0/s1. The smallest absolute Gasteiger partial charge is 0.229 e. The Morgan fingerprint density at radius 3 is 2.37 bits per heavy atom. The van der Waals surface area contributed by atoms with E-state index < -0.39 is 54.6 Å². The van der Waals surface area contributed by atoms with Crippen molar-refractivity contribution in [2.75, 3.05) is 27.4 Å².